The number of hydrogen-bond donors (Lipinski definition) is 1. The topological polar surface area (TPSA) is 86.4 Å². The van der Waals surface area contributed by atoms with Gasteiger partial charge in [-0.15, -0.1) is 0 Å². The van der Waals surface area contributed by atoms with E-state index in [0.717, 1.165) is 32.1 Å². The van der Waals surface area contributed by atoms with Crippen molar-refractivity contribution in [3.05, 3.63) is 27.9 Å². The van der Waals surface area contributed by atoms with Crippen molar-refractivity contribution in [1.82, 2.24) is 19.8 Å². The molecule has 1 N–H and O–H groups in total. The lowest BCUT2D eigenvalue weighted by molar-refractivity contribution is -0.132. The summed E-state index contributed by atoms with van der Waals surface area (Å²) < 4.78 is 0. The van der Waals surface area contributed by atoms with Gasteiger partial charge in [-0.25, -0.2) is 4.79 Å². The summed E-state index contributed by atoms with van der Waals surface area (Å²) in [5.41, 5.74) is 0.246. The predicted octanol–water partition coefficient (Wildman–Crippen LogP) is 1.47. The molecule has 4 rings (SSSR count). The van der Waals surface area contributed by atoms with Crippen molar-refractivity contribution in [3.63, 3.8) is 0 Å². The molecule has 7 nitrogen and oxygen atoms in total. The molecule has 7 heteroatoms. The molecule has 4 atom stereocenters. The van der Waals surface area contributed by atoms with Crippen LogP contribution in [0.1, 0.15) is 62.1 Å². The number of nitrogens with zero attached hydrogens (tertiary/aromatic N) is 3. The van der Waals surface area contributed by atoms with E-state index in [1.807, 2.05) is 9.80 Å². The monoisotopic (exact) mass is 358 g/mol. The van der Waals surface area contributed by atoms with Crippen molar-refractivity contribution in [2.24, 2.45) is 5.41 Å². The zero-order chi connectivity index (χ0) is 18.6. The van der Waals surface area contributed by atoms with Crippen LogP contribution in [0.25, 0.3) is 0 Å². The van der Waals surface area contributed by atoms with Crippen LogP contribution in [-0.2, 0) is 4.79 Å². The summed E-state index contributed by atoms with van der Waals surface area (Å²) in [6.07, 6.45) is 5.04. The fourth-order valence-corrected chi connectivity index (χ4v) is 5.70. The molecule has 1 saturated carbocycles. The highest BCUT2D eigenvalue weighted by Gasteiger charge is 2.60. The number of rotatable bonds is 1. The maximum absolute atomic E-state index is 13.3. The van der Waals surface area contributed by atoms with Crippen molar-refractivity contribution in [3.8, 4) is 0 Å². The van der Waals surface area contributed by atoms with Gasteiger partial charge in [-0.2, -0.15) is 4.98 Å². The first-order chi connectivity index (χ1) is 12.3. The van der Waals surface area contributed by atoms with Gasteiger partial charge in [0, 0.05) is 36.7 Å². The third-order valence-corrected chi connectivity index (χ3v) is 6.64. The highest BCUT2D eigenvalue weighted by molar-refractivity contribution is 5.93. The Labute approximate surface area is 152 Å². The maximum Gasteiger partial charge on any atom is 0.345 e. The number of aromatic nitrogens is 2. The SMILES string of the molecule is CC(=O)N1[C@@H]2CN(C(=O)c3cc(C)[nH]c(=O)n3)[C@@H]3CCCC[C@H]1[C@]3(C)C2. The lowest BCUT2D eigenvalue weighted by Crippen LogP contribution is -2.56. The summed E-state index contributed by atoms with van der Waals surface area (Å²) in [7, 11) is 0. The molecule has 0 unspecified atom stereocenters. The van der Waals surface area contributed by atoms with Crippen LogP contribution in [0.4, 0.5) is 0 Å². The molecular formula is C19H26N4O3. The molecule has 3 heterocycles. The maximum atomic E-state index is 13.3. The molecule has 3 aliphatic rings. The normalized spacial score (nSPS) is 33.1. The van der Waals surface area contributed by atoms with Crippen LogP contribution in [0.2, 0.25) is 0 Å². The Balaban J connectivity index is 1.75. The fraction of sp³-hybridized carbons (Fsp3) is 0.684. The van der Waals surface area contributed by atoms with Crippen molar-refractivity contribution >= 4 is 11.8 Å². The number of fused-ring (bicyclic) bond motifs is 1. The second kappa shape index (κ2) is 5.93. The molecule has 2 aliphatic heterocycles. The molecule has 140 valence electrons. The van der Waals surface area contributed by atoms with Crippen LogP contribution >= 0.6 is 0 Å². The Morgan fingerprint density at radius 2 is 1.96 bits per heavy atom. The van der Waals surface area contributed by atoms with Crippen LogP contribution in [0.15, 0.2) is 10.9 Å². The van der Waals surface area contributed by atoms with Gasteiger partial charge in [-0.05, 0) is 32.3 Å². The van der Waals surface area contributed by atoms with E-state index in [1.165, 1.54) is 0 Å². The second-order valence-electron chi connectivity index (χ2n) is 8.32. The minimum Gasteiger partial charge on any atom is -0.335 e. The molecule has 1 aromatic heterocycles. The average Bonchev–Trinajstić information content (AvgIpc) is 2.68. The largest absolute Gasteiger partial charge is 0.345 e. The summed E-state index contributed by atoms with van der Waals surface area (Å²) in [5.74, 6) is -0.0880. The summed E-state index contributed by atoms with van der Waals surface area (Å²) in [6, 6.07) is 1.98. The van der Waals surface area contributed by atoms with Gasteiger partial charge in [-0.1, -0.05) is 19.8 Å². The van der Waals surface area contributed by atoms with Gasteiger partial charge >= 0.3 is 5.69 Å². The van der Waals surface area contributed by atoms with Gasteiger partial charge in [-0.3, -0.25) is 9.59 Å². The van der Waals surface area contributed by atoms with Crippen molar-refractivity contribution in [1.29, 1.82) is 0 Å². The standard InChI is InChI=1S/C19H26N4O3/c1-11-8-14(21-18(26)20-11)17(25)22-10-13-9-19(3)15(22)6-4-5-7-16(19)23(13)12(2)24/h8,13,15-16H,4-7,9-10H2,1-3H3,(H,20,21,26)/t13-,15+,16-,19+/m0/s1. The fourth-order valence-electron chi connectivity index (χ4n) is 5.70. The van der Waals surface area contributed by atoms with E-state index in [0.29, 0.717) is 12.2 Å². The van der Waals surface area contributed by atoms with Crippen molar-refractivity contribution in [2.75, 3.05) is 6.54 Å². The quantitative estimate of drug-likeness (QED) is 0.824. The minimum atomic E-state index is -0.497. The van der Waals surface area contributed by atoms with E-state index in [1.54, 1.807) is 19.9 Å². The predicted molar refractivity (Wildman–Crippen MR) is 95.7 cm³/mol. The van der Waals surface area contributed by atoms with Gasteiger partial charge in [0.25, 0.3) is 5.91 Å². The molecule has 2 saturated heterocycles. The van der Waals surface area contributed by atoms with Crippen molar-refractivity contribution in [2.45, 2.75) is 71.0 Å². The third kappa shape index (κ3) is 2.47. The highest BCUT2D eigenvalue weighted by Crippen LogP contribution is 2.53. The number of H-pyrrole nitrogens is 1. The Morgan fingerprint density at radius 1 is 1.27 bits per heavy atom. The van der Waals surface area contributed by atoms with Crippen LogP contribution < -0.4 is 5.69 Å². The molecule has 26 heavy (non-hydrogen) atoms. The molecule has 0 radical (unpaired) electrons. The third-order valence-electron chi connectivity index (χ3n) is 6.64. The van der Waals surface area contributed by atoms with Crippen LogP contribution in [-0.4, -0.2) is 56.3 Å². The molecular weight excluding hydrogens is 332 g/mol. The molecule has 3 fully saturated rings. The van der Waals surface area contributed by atoms with Gasteiger partial charge in [0.1, 0.15) is 5.69 Å². The van der Waals surface area contributed by atoms with E-state index in [9.17, 15) is 14.4 Å². The van der Waals surface area contributed by atoms with Crippen molar-refractivity contribution < 1.29 is 9.59 Å². The number of nitrogens with one attached hydrogen (secondary N) is 1. The van der Waals surface area contributed by atoms with E-state index in [4.69, 9.17) is 0 Å². The van der Waals surface area contributed by atoms with E-state index in [2.05, 4.69) is 16.9 Å². The number of aryl methyl sites for hydroxylation is 1. The smallest absolute Gasteiger partial charge is 0.335 e. The van der Waals surface area contributed by atoms with Crippen LogP contribution in [0.5, 0.6) is 0 Å². The Bertz CT molecular complexity index is 819. The number of hydrogen-bond acceptors (Lipinski definition) is 4. The molecule has 0 aromatic carbocycles. The number of piperidine rings is 1. The molecule has 1 aliphatic carbocycles. The first kappa shape index (κ1) is 17.2. The van der Waals surface area contributed by atoms with E-state index < -0.39 is 5.69 Å². The first-order valence-corrected chi connectivity index (χ1v) is 9.49. The molecule has 0 spiro atoms. The summed E-state index contributed by atoms with van der Waals surface area (Å²) in [5, 5.41) is 0. The van der Waals surface area contributed by atoms with Gasteiger partial charge in [0.2, 0.25) is 5.91 Å². The lowest BCUT2D eigenvalue weighted by Gasteiger charge is -2.46. The van der Waals surface area contributed by atoms with Crippen LogP contribution in [0.3, 0.4) is 0 Å². The van der Waals surface area contributed by atoms with Gasteiger partial charge in [0.15, 0.2) is 0 Å². The zero-order valence-corrected chi connectivity index (χ0v) is 15.6. The van der Waals surface area contributed by atoms with Gasteiger partial charge < -0.3 is 14.8 Å². The lowest BCUT2D eigenvalue weighted by atomic mass is 9.71. The van der Waals surface area contributed by atoms with E-state index >= 15 is 0 Å². The summed E-state index contributed by atoms with van der Waals surface area (Å²) in [4.78, 5) is 47.8. The van der Waals surface area contributed by atoms with E-state index in [-0.39, 0.29) is 41.0 Å². The average molecular weight is 358 g/mol. The Morgan fingerprint density at radius 3 is 2.62 bits per heavy atom. The molecule has 2 amide bonds. The minimum absolute atomic E-state index is 0.0592. The summed E-state index contributed by atoms with van der Waals surface area (Å²) in [6.45, 7) is 6.15. The second-order valence-corrected chi connectivity index (χ2v) is 8.32. The number of carbonyl (C=O) groups excluding carboxylic acids is 2. The van der Waals surface area contributed by atoms with Gasteiger partial charge in [0.05, 0.1) is 6.04 Å². The first-order valence-electron chi connectivity index (χ1n) is 9.49. The zero-order valence-electron chi connectivity index (χ0n) is 15.6. The number of amides is 2. The molecule has 2 bridgehead atoms. The van der Waals surface area contributed by atoms with Crippen LogP contribution in [0, 0.1) is 12.3 Å². The Kier molecular flexibility index (Phi) is 3.93. The number of carbonyl (C=O) groups is 2. The summed E-state index contributed by atoms with van der Waals surface area (Å²) >= 11 is 0. The number of likely N-dealkylation sites (tertiary alicyclic amines) is 2. The Hall–Kier alpha value is -2.18. The molecule has 1 aromatic rings. The highest BCUT2D eigenvalue weighted by atomic mass is 16.2. The number of aromatic amines is 1.